The zero-order valence-corrected chi connectivity index (χ0v) is 12.5. The Hall–Kier alpha value is -1.07. The molecule has 1 atom stereocenters. The maximum atomic E-state index is 5.96. The van der Waals surface area contributed by atoms with Gasteiger partial charge in [-0.15, -0.1) is 11.3 Å². The fourth-order valence-electron chi connectivity index (χ4n) is 2.05. The van der Waals surface area contributed by atoms with Crippen LogP contribution in [0.25, 0.3) is 0 Å². The van der Waals surface area contributed by atoms with Crippen LogP contribution in [0.5, 0.6) is 5.75 Å². The topological polar surface area (TPSA) is 47.3 Å². The van der Waals surface area contributed by atoms with Crippen LogP contribution in [0.2, 0.25) is 4.34 Å². The van der Waals surface area contributed by atoms with E-state index < -0.39 is 0 Å². The zero-order valence-electron chi connectivity index (χ0n) is 10.9. The fraction of sp³-hybridized carbons (Fsp3) is 0.286. The highest BCUT2D eigenvalue weighted by molar-refractivity contribution is 7.16. The van der Waals surface area contributed by atoms with E-state index in [1.807, 2.05) is 24.3 Å². The average molecular weight is 297 g/mol. The van der Waals surface area contributed by atoms with Crippen LogP contribution in [-0.4, -0.2) is 7.11 Å². The van der Waals surface area contributed by atoms with E-state index in [4.69, 9.17) is 22.2 Å². The summed E-state index contributed by atoms with van der Waals surface area (Å²) in [5.41, 5.74) is 5.11. The lowest BCUT2D eigenvalue weighted by Crippen LogP contribution is -2.29. The molecule has 1 heterocycles. The summed E-state index contributed by atoms with van der Waals surface area (Å²) in [4.78, 5) is 1.19. The molecule has 1 aromatic heterocycles. The van der Waals surface area contributed by atoms with Gasteiger partial charge in [-0.3, -0.25) is 11.3 Å². The Labute approximate surface area is 122 Å². The highest BCUT2D eigenvalue weighted by Crippen LogP contribution is 2.31. The van der Waals surface area contributed by atoms with Gasteiger partial charge in [-0.2, -0.15) is 0 Å². The van der Waals surface area contributed by atoms with Gasteiger partial charge in [0.15, 0.2) is 0 Å². The quantitative estimate of drug-likeness (QED) is 0.656. The second-order valence-corrected chi connectivity index (χ2v) is 6.17. The Bertz CT molecular complexity index is 556. The first kappa shape index (κ1) is 14.3. The van der Waals surface area contributed by atoms with E-state index in [9.17, 15) is 0 Å². The molecular formula is C14H17ClN2OS. The summed E-state index contributed by atoms with van der Waals surface area (Å²) in [7, 11) is 1.67. The zero-order chi connectivity index (χ0) is 13.8. The second kappa shape index (κ2) is 6.39. The van der Waals surface area contributed by atoms with Crippen molar-refractivity contribution in [1.82, 2.24) is 5.43 Å². The summed E-state index contributed by atoms with van der Waals surface area (Å²) >= 11 is 7.53. The van der Waals surface area contributed by atoms with Gasteiger partial charge in [-0.25, -0.2) is 0 Å². The predicted octanol–water partition coefficient (Wildman–Crippen LogP) is 3.47. The van der Waals surface area contributed by atoms with Gasteiger partial charge in [0.2, 0.25) is 0 Å². The third kappa shape index (κ3) is 3.48. The van der Waals surface area contributed by atoms with Gasteiger partial charge in [-0.1, -0.05) is 29.3 Å². The molecule has 0 saturated heterocycles. The van der Waals surface area contributed by atoms with Gasteiger partial charge in [-0.05, 0) is 25.1 Å². The van der Waals surface area contributed by atoms with E-state index in [1.165, 1.54) is 10.4 Å². The molecule has 0 fully saturated rings. The van der Waals surface area contributed by atoms with Crippen molar-refractivity contribution < 1.29 is 4.74 Å². The number of nitrogens with one attached hydrogen (secondary N) is 1. The third-order valence-electron chi connectivity index (χ3n) is 3.00. The number of thiophene rings is 1. The van der Waals surface area contributed by atoms with Crippen molar-refractivity contribution in [3.8, 4) is 5.75 Å². The lowest BCUT2D eigenvalue weighted by Gasteiger charge is -2.19. The van der Waals surface area contributed by atoms with Crippen LogP contribution in [-0.2, 0) is 6.42 Å². The number of hydrazine groups is 1. The molecule has 0 amide bonds. The molecule has 2 rings (SSSR count). The molecule has 2 aromatic rings. The van der Waals surface area contributed by atoms with Gasteiger partial charge in [0.05, 0.1) is 17.5 Å². The van der Waals surface area contributed by atoms with Gasteiger partial charge < -0.3 is 4.74 Å². The summed E-state index contributed by atoms with van der Waals surface area (Å²) in [5, 5.41) is 0. The maximum Gasteiger partial charge on any atom is 0.123 e. The summed E-state index contributed by atoms with van der Waals surface area (Å²) in [6.07, 6.45) is 0.785. The minimum atomic E-state index is 0.00423. The Morgan fingerprint density at radius 2 is 2.16 bits per heavy atom. The standard InChI is InChI=1S/C14H17ClN2OS/c1-9-3-5-13(18-2)11(7-9)12(17-16)8-10-4-6-14(15)19-10/h3-7,12,17H,8,16H2,1-2H3. The molecule has 5 heteroatoms. The summed E-state index contributed by atoms with van der Waals surface area (Å²) in [5.74, 6) is 6.54. The number of methoxy groups -OCH3 is 1. The molecule has 0 aliphatic heterocycles. The Balaban J connectivity index is 2.28. The Kier molecular flexibility index (Phi) is 4.82. The highest BCUT2D eigenvalue weighted by Gasteiger charge is 2.16. The lowest BCUT2D eigenvalue weighted by molar-refractivity contribution is 0.399. The first-order chi connectivity index (χ1) is 9.13. The van der Waals surface area contributed by atoms with Crippen molar-refractivity contribution in [2.45, 2.75) is 19.4 Å². The number of hydrogen-bond donors (Lipinski definition) is 2. The number of hydrogen-bond acceptors (Lipinski definition) is 4. The molecular weight excluding hydrogens is 280 g/mol. The number of rotatable bonds is 5. The normalized spacial score (nSPS) is 12.4. The SMILES string of the molecule is COc1ccc(C)cc1C(Cc1ccc(Cl)s1)NN. The summed E-state index contributed by atoms with van der Waals surface area (Å²) in [6.45, 7) is 2.05. The first-order valence-electron chi connectivity index (χ1n) is 5.99. The smallest absolute Gasteiger partial charge is 0.123 e. The molecule has 1 unspecified atom stereocenters. The van der Waals surface area contributed by atoms with Crippen LogP contribution in [0, 0.1) is 6.92 Å². The molecule has 0 saturated carbocycles. The summed E-state index contributed by atoms with van der Waals surface area (Å²) in [6, 6.07) is 10.0. The number of ether oxygens (including phenoxy) is 1. The van der Waals surface area contributed by atoms with Gasteiger partial charge in [0.1, 0.15) is 5.75 Å². The Morgan fingerprint density at radius 3 is 2.74 bits per heavy atom. The predicted molar refractivity (Wildman–Crippen MR) is 80.8 cm³/mol. The second-order valence-electron chi connectivity index (χ2n) is 4.37. The molecule has 0 aliphatic carbocycles. The molecule has 3 N–H and O–H groups in total. The lowest BCUT2D eigenvalue weighted by atomic mass is 10.0. The van der Waals surface area contributed by atoms with Crippen molar-refractivity contribution in [2.75, 3.05) is 7.11 Å². The minimum absolute atomic E-state index is 0.00423. The van der Waals surface area contributed by atoms with E-state index in [1.54, 1.807) is 18.4 Å². The molecule has 19 heavy (non-hydrogen) atoms. The molecule has 0 bridgehead atoms. The highest BCUT2D eigenvalue weighted by atomic mass is 35.5. The first-order valence-corrected chi connectivity index (χ1v) is 7.18. The van der Waals surface area contributed by atoms with Crippen LogP contribution in [0.1, 0.15) is 22.0 Å². The maximum absolute atomic E-state index is 5.96. The van der Waals surface area contributed by atoms with Crippen molar-refractivity contribution >= 4 is 22.9 Å². The largest absolute Gasteiger partial charge is 0.496 e. The Morgan fingerprint density at radius 1 is 1.37 bits per heavy atom. The molecule has 0 aliphatic rings. The van der Waals surface area contributed by atoms with Gasteiger partial charge in [0, 0.05) is 16.9 Å². The van der Waals surface area contributed by atoms with Crippen LogP contribution < -0.4 is 16.0 Å². The van der Waals surface area contributed by atoms with E-state index in [0.29, 0.717) is 0 Å². The van der Waals surface area contributed by atoms with E-state index in [2.05, 4.69) is 18.4 Å². The van der Waals surface area contributed by atoms with Crippen LogP contribution in [0.3, 0.4) is 0 Å². The number of aryl methyl sites for hydroxylation is 1. The molecule has 3 nitrogen and oxygen atoms in total. The average Bonchev–Trinajstić information content (AvgIpc) is 2.81. The number of halogens is 1. The monoisotopic (exact) mass is 296 g/mol. The summed E-state index contributed by atoms with van der Waals surface area (Å²) < 4.78 is 6.20. The van der Waals surface area contributed by atoms with Crippen LogP contribution >= 0.6 is 22.9 Å². The van der Waals surface area contributed by atoms with E-state index in [0.717, 1.165) is 22.1 Å². The van der Waals surface area contributed by atoms with E-state index in [-0.39, 0.29) is 6.04 Å². The molecule has 0 spiro atoms. The number of nitrogens with two attached hydrogens (primary N) is 1. The number of benzene rings is 1. The minimum Gasteiger partial charge on any atom is -0.496 e. The third-order valence-corrected chi connectivity index (χ3v) is 4.25. The van der Waals surface area contributed by atoms with E-state index >= 15 is 0 Å². The van der Waals surface area contributed by atoms with Crippen LogP contribution in [0.15, 0.2) is 30.3 Å². The van der Waals surface area contributed by atoms with Gasteiger partial charge >= 0.3 is 0 Å². The van der Waals surface area contributed by atoms with Crippen molar-refractivity contribution in [1.29, 1.82) is 0 Å². The van der Waals surface area contributed by atoms with Gasteiger partial charge in [0.25, 0.3) is 0 Å². The van der Waals surface area contributed by atoms with Crippen LogP contribution in [0.4, 0.5) is 0 Å². The fourth-order valence-corrected chi connectivity index (χ4v) is 3.18. The molecule has 102 valence electrons. The van der Waals surface area contributed by atoms with Crippen molar-refractivity contribution in [3.05, 3.63) is 50.7 Å². The molecule has 1 aromatic carbocycles. The van der Waals surface area contributed by atoms with Crippen molar-refractivity contribution in [3.63, 3.8) is 0 Å². The van der Waals surface area contributed by atoms with Crippen molar-refractivity contribution in [2.24, 2.45) is 5.84 Å². The molecule has 0 radical (unpaired) electrons.